The molecule has 102 valence electrons. The normalized spacial score (nSPS) is 18.5. The second kappa shape index (κ2) is 4.72. The summed E-state index contributed by atoms with van der Waals surface area (Å²) in [5.41, 5.74) is -0.364. The Bertz CT molecular complexity index is 540. The Labute approximate surface area is 110 Å². The fourth-order valence-electron chi connectivity index (χ4n) is 2.01. The maximum Gasteiger partial charge on any atom is 0.254 e. The number of benzene rings is 1. The lowest BCUT2D eigenvalue weighted by Crippen LogP contribution is -2.47. The molecule has 3 nitrogen and oxygen atoms in total. The Morgan fingerprint density at radius 1 is 1.26 bits per heavy atom. The summed E-state index contributed by atoms with van der Waals surface area (Å²) in [6.07, 6.45) is 0.571. The number of carbonyl (C=O) groups excluding carboxylic acids is 2. The third-order valence-corrected chi connectivity index (χ3v) is 3.55. The molecule has 19 heavy (non-hydrogen) atoms. The van der Waals surface area contributed by atoms with Gasteiger partial charge < -0.3 is 4.90 Å². The quantitative estimate of drug-likeness (QED) is 0.783. The van der Waals surface area contributed by atoms with E-state index >= 15 is 0 Å². The summed E-state index contributed by atoms with van der Waals surface area (Å²) in [5, 5.41) is 0. The standard InChI is InChI=1S/C14H15F2NO2/c1-14(2)5-6-17(8-12(14)18)13(19)9-3-4-10(15)11(16)7-9/h3-4,7H,5-6,8H2,1-2H3. The zero-order valence-electron chi connectivity index (χ0n) is 10.9. The van der Waals surface area contributed by atoms with E-state index in [2.05, 4.69) is 0 Å². The van der Waals surface area contributed by atoms with Crippen LogP contribution >= 0.6 is 0 Å². The second-order valence-electron chi connectivity index (χ2n) is 5.41. The predicted molar refractivity (Wildman–Crippen MR) is 65.7 cm³/mol. The maximum absolute atomic E-state index is 13.1. The summed E-state index contributed by atoms with van der Waals surface area (Å²) < 4.78 is 25.9. The van der Waals surface area contributed by atoms with Crippen molar-refractivity contribution in [3.63, 3.8) is 0 Å². The van der Waals surface area contributed by atoms with Gasteiger partial charge in [-0.05, 0) is 24.6 Å². The average Bonchev–Trinajstić information content (AvgIpc) is 2.35. The topological polar surface area (TPSA) is 37.4 Å². The first-order chi connectivity index (χ1) is 8.81. The van der Waals surface area contributed by atoms with Crippen molar-refractivity contribution in [2.24, 2.45) is 5.41 Å². The number of piperidine rings is 1. The van der Waals surface area contributed by atoms with Gasteiger partial charge in [0.1, 0.15) is 0 Å². The molecule has 1 heterocycles. The number of hydrogen-bond acceptors (Lipinski definition) is 2. The third kappa shape index (κ3) is 2.64. The lowest BCUT2D eigenvalue weighted by Gasteiger charge is -2.35. The van der Waals surface area contributed by atoms with E-state index in [4.69, 9.17) is 0 Å². The first-order valence-electron chi connectivity index (χ1n) is 6.09. The highest BCUT2D eigenvalue weighted by molar-refractivity contribution is 5.98. The highest BCUT2D eigenvalue weighted by atomic mass is 19.2. The molecular formula is C14H15F2NO2. The first-order valence-corrected chi connectivity index (χ1v) is 6.09. The van der Waals surface area contributed by atoms with Crippen LogP contribution in [0.25, 0.3) is 0 Å². The van der Waals surface area contributed by atoms with Crippen LogP contribution in [-0.2, 0) is 4.79 Å². The number of nitrogens with zero attached hydrogens (tertiary/aromatic N) is 1. The van der Waals surface area contributed by atoms with E-state index in [1.807, 2.05) is 13.8 Å². The van der Waals surface area contributed by atoms with Gasteiger partial charge in [-0.2, -0.15) is 0 Å². The Morgan fingerprint density at radius 2 is 1.95 bits per heavy atom. The molecule has 5 heteroatoms. The summed E-state index contributed by atoms with van der Waals surface area (Å²) in [6, 6.07) is 3.01. The van der Waals surface area contributed by atoms with Gasteiger partial charge in [0, 0.05) is 17.5 Å². The van der Waals surface area contributed by atoms with E-state index in [1.54, 1.807) is 0 Å². The Balaban J connectivity index is 2.17. The molecule has 1 aromatic rings. The van der Waals surface area contributed by atoms with E-state index in [0.29, 0.717) is 13.0 Å². The van der Waals surface area contributed by atoms with E-state index in [9.17, 15) is 18.4 Å². The molecule has 0 bridgehead atoms. The molecule has 0 atom stereocenters. The molecule has 0 radical (unpaired) electrons. The molecule has 1 saturated heterocycles. The van der Waals surface area contributed by atoms with Gasteiger partial charge in [0.2, 0.25) is 0 Å². The van der Waals surface area contributed by atoms with E-state index < -0.39 is 23.0 Å². The molecule has 0 aromatic heterocycles. The number of likely N-dealkylation sites (tertiary alicyclic amines) is 1. The van der Waals surface area contributed by atoms with Gasteiger partial charge in [-0.25, -0.2) is 8.78 Å². The fourth-order valence-corrected chi connectivity index (χ4v) is 2.01. The van der Waals surface area contributed by atoms with Gasteiger partial charge in [-0.15, -0.1) is 0 Å². The highest BCUT2D eigenvalue weighted by Crippen LogP contribution is 2.27. The van der Waals surface area contributed by atoms with E-state index in [0.717, 1.165) is 12.1 Å². The van der Waals surface area contributed by atoms with Crippen molar-refractivity contribution in [1.82, 2.24) is 4.90 Å². The molecule has 0 spiro atoms. The van der Waals surface area contributed by atoms with Gasteiger partial charge in [-0.1, -0.05) is 13.8 Å². The molecular weight excluding hydrogens is 252 g/mol. The smallest absolute Gasteiger partial charge is 0.254 e. The zero-order chi connectivity index (χ0) is 14.2. The van der Waals surface area contributed by atoms with Crippen LogP contribution < -0.4 is 0 Å². The van der Waals surface area contributed by atoms with Crippen LogP contribution in [0.5, 0.6) is 0 Å². The summed E-state index contributed by atoms with van der Waals surface area (Å²) in [4.78, 5) is 25.3. The van der Waals surface area contributed by atoms with Crippen LogP contribution in [0, 0.1) is 17.0 Å². The molecule has 1 aliphatic rings. The number of rotatable bonds is 1. The molecule has 0 saturated carbocycles. The van der Waals surface area contributed by atoms with Crippen LogP contribution in [0.15, 0.2) is 18.2 Å². The van der Waals surface area contributed by atoms with Crippen molar-refractivity contribution in [3.8, 4) is 0 Å². The molecule has 0 N–H and O–H groups in total. The molecule has 1 aromatic carbocycles. The number of halogens is 2. The molecule has 1 fully saturated rings. The molecule has 0 unspecified atom stereocenters. The number of hydrogen-bond donors (Lipinski definition) is 0. The zero-order valence-corrected chi connectivity index (χ0v) is 10.9. The Morgan fingerprint density at radius 3 is 2.53 bits per heavy atom. The van der Waals surface area contributed by atoms with Crippen molar-refractivity contribution in [3.05, 3.63) is 35.4 Å². The SMILES string of the molecule is CC1(C)CCN(C(=O)c2ccc(F)c(F)c2)CC1=O. The van der Waals surface area contributed by atoms with Crippen molar-refractivity contribution in [2.75, 3.05) is 13.1 Å². The predicted octanol–water partition coefficient (Wildman–Crippen LogP) is 2.41. The molecule has 0 aliphatic carbocycles. The van der Waals surface area contributed by atoms with Crippen LogP contribution in [0.3, 0.4) is 0 Å². The average molecular weight is 267 g/mol. The van der Waals surface area contributed by atoms with Crippen LogP contribution in [0.2, 0.25) is 0 Å². The molecule has 2 rings (SSSR count). The van der Waals surface area contributed by atoms with Gasteiger partial charge >= 0.3 is 0 Å². The van der Waals surface area contributed by atoms with Crippen LogP contribution in [0.4, 0.5) is 8.78 Å². The fraction of sp³-hybridized carbons (Fsp3) is 0.429. The number of carbonyl (C=O) groups is 2. The molecule has 1 amide bonds. The van der Waals surface area contributed by atoms with Gasteiger partial charge in [0.25, 0.3) is 5.91 Å². The van der Waals surface area contributed by atoms with Crippen LogP contribution in [-0.4, -0.2) is 29.7 Å². The van der Waals surface area contributed by atoms with E-state index in [1.165, 1.54) is 11.0 Å². The van der Waals surface area contributed by atoms with E-state index in [-0.39, 0.29) is 17.9 Å². The number of amides is 1. The largest absolute Gasteiger partial charge is 0.331 e. The monoisotopic (exact) mass is 267 g/mol. The highest BCUT2D eigenvalue weighted by Gasteiger charge is 2.35. The Hall–Kier alpha value is -1.78. The summed E-state index contributed by atoms with van der Waals surface area (Å²) in [7, 11) is 0. The molecule has 1 aliphatic heterocycles. The van der Waals surface area contributed by atoms with Crippen molar-refractivity contribution < 1.29 is 18.4 Å². The van der Waals surface area contributed by atoms with Crippen molar-refractivity contribution in [1.29, 1.82) is 0 Å². The maximum atomic E-state index is 13.1. The number of Topliss-reactive ketones (excluding diaryl/α,β-unsaturated/α-hetero) is 1. The van der Waals surface area contributed by atoms with Gasteiger partial charge in [-0.3, -0.25) is 9.59 Å². The number of ketones is 1. The lowest BCUT2D eigenvalue weighted by atomic mass is 9.81. The van der Waals surface area contributed by atoms with Gasteiger partial charge in [0.05, 0.1) is 6.54 Å². The second-order valence-corrected chi connectivity index (χ2v) is 5.41. The van der Waals surface area contributed by atoms with Crippen molar-refractivity contribution >= 4 is 11.7 Å². The van der Waals surface area contributed by atoms with Crippen LogP contribution in [0.1, 0.15) is 30.6 Å². The summed E-state index contributed by atoms with van der Waals surface area (Å²) >= 11 is 0. The first kappa shape index (κ1) is 13.6. The Kier molecular flexibility index (Phi) is 3.39. The van der Waals surface area contributed by atoms with Crippen molar-refractivity contribution in [2.45, 2.75) is 20.3 Å². The minimum atomic E-state index is -1.06. The minimum Gasteiger partial charge on any atom is -0.331 e. The lowest BCUT2D eigenvalue weighted by molar-refractivity contribution is -0.130. The minimum absolute atomic E-state index is 0.0187. The summed E-state index contributed by atoms with van der Waals surface area (Å²) in [5.74, 6) is -2.51. The van der Waals surface area contributed by atoms with Gasteiger partial charge in [0.15, 0.2) is 17.4 Å². The third-order valence-electron chi connectivity index (χ3n) is 3.55. The summed E-state index contributed by atoms with van der Waals surface area (Å²) in [6.45, 7) is 4.14.